The summed E-state index contributed by atoms with van der Waals surface area (Å²) in [7, 11) is 0. The van der Waals surface area contributed by atoms with E-state index in [0.717, 1.165) is 0 Å². The molecule has 0 fully saturated rings. The Morgan fingerprint density at radius 1 is 1.23 bits per heavy atom. The maximum atomic E-state index is 13.2. The lowest BCUT2D eigenvalue weighted by atomic mass is 10.2. The minimum Gasteiger partial charge on any atom is -0.448 e. The van der Waals surface area contributed by atoms with Crippen molar-refractivity contribution in [2.75, 3.05) is 0 Å². The molecule has 3 rings (SSSR count). The van der Waals surface area contributed by atoms with Gasteiger partial charge in [-0.25, -0.2) is 4.39 Å². The van der Waals surface area contributed by atoms with Crippen LogP contribution in [0.3, 0.4) is 0 Å². The highest BCUT2D eigenvalue weighted by Gasteiger charge is 2.20. The minimum absolute atomic E-state index is 0.00458. The van der Waals surface area contributed by atoms with E-state index in [1.165, 1.54) is 36.5 Å². The molecule has 22 heavy (non-hydrogen) atoms. The normalized spacial score (nSPS) is 10.6. The Balaban J connectivity index is 2.03. The lowest BCUT2D eigenvalue weighted by Crippen LogP contribution is -1.95. The third-order valence-electron chi connectivity index (χ3n) is 2.98. The van der Waals surface area contributed by atoms with Crippen LogP contribution in [-0.4, -0.2) is 9.91 Å². The number of halogens is 2. The van der Waals surface area contributed by atoms with Gasteiger partial charge < -0.3 is 4.74 Å². The summed E-state index contributed by atoms with van der Waals surface area (Å²) < 4.78 is 18.7. The van der Waals surface area contributed by atoms with Crippen molar-refractivity contribution in [1.82, 2.24) is 4.98 Å². The van der Waals surface area contributed by atoms with Gasteiger partial charge in [0.2, 0.25) is 5.75 Å². The van der Waals surface area contributed by atoms with Crippen molar-refractivity contribution >= 4 is 28.2 Å². The summed E-state index contributed by atoms with van der Waals surface area (Å²) >= 11 is 5.82. The number of para-hydroxylation sites is 1. The van der Waals surface area contributed by atoms with Gasteiger partial charge in [0.15, 0.2) is 0 Å². The Labute approximate surface area is 129 Å². The molecule has 0 amide bonds. The van der Waals surface area contributed by atoms with Gasteiger partial charge in [-0.1, -0.05) is 17.7 Å². The average Bonchev–Trinajstić information content (AvgIpc) is 2.46. The SMILES string of the molecule is O=[N+]([O-])c1c(Cl)cccc1Oc1cnc2ccc(F)cc2c1. The predicted octanol–water partition coefficient (Wildman–Crippen LogP) is 4.73. The fourth-order valence-electron chi connectivity index (χ4n) is 2.02. The lowest BCUT2D eigenvalue weighted by molar-refractivity contribution is -0.385. The maximum absolute atomic E-state index is 13.2. The first-order chi connectivity index (χ1) is 10.5. The first kappa shape index (κ1) is 14.2. The summed E-state index contributed by atoms with van der Waals surface area (Å²) in [5, 5.41) is 11.6. The summed E-state index contributed by atoms with van der Waals surface area (Å²) in [5.74, 6) is -0.154. The van der Waals surface area contributed by atoms with Crippen LogP contribution in [0.5, 0.6) is 11.5 Å². The van der Waals surface area contributed by atoms with Gasteiger partial charge in [0.1, 0.15) is 16.6 Å². The van der Waals surface area contributed by atoms with Crippen LogP contribution in [0.25, 0.3) is 10.9 Å². The van der Waals surface area contributed by atoms with Crippen molar-refractivity contribution in [2.45, 2.75) is 0 Å². The number of aromatic nitrogens is 1. The molecule has 110 valence electrons. The first-order valence-electron chi connectivity index (χ1n) is 6.20. The van der Waals surface area contributed by atoms with E-state index in [-0.39, 0.29) is 22.2 Å². The van der Waals surface area contributed by atoms with E-state index in [1.54, 1.807) is 12.1 Å². The van der Waals surface area contributed by atoms with Crippen LogP contribution >= 0.6 is 11.6 Å². The van der Waals surface area contributed by atoms with Gasteiger partial charge in [-0.3, -0.25) is 15.1 Å². The molecule has 7 heteroatoms. The molecule has 1 aromatic heterocycles. The van der Waals surface area contributed by atoms with Crippen LogP contribution in [-0.2, 0) is 0 Å². The summed E-state index contributed by atoms with van der Waals surface area (Å²) in [4.78, 5) is 14.6. The number of ether oxygens (including phenoxy) is 1. The van der Waals surface area contributed by atoms with Crippen molar-refractivity contribution in [3.05, 3.63) is 69.6 Å². The summed E-state index contributed by atoms with van der Waals surface area (Å²) in [5.41, 5.74) is 0.262. The van der Waals surface area contributed by atoms with Crippen LogP contribution < -0.4 is 4.74 Å². The number of nitrogens with zero attached hydrogens (tertiary/aromatic N) is 2. The van der Waals surface area contributed by atoms with Gasteiger partial charge in [-0.15, -0.1) is 0 Å². The Bertz CT molecular complexity index is 886. The first-order valence-corrected chi connectivity index (χ1v) is 6.58. The predicted molar refractivity (Wildman–Crippen MR) is 79.9 cm³/mol. The standard InChI is InChI=1S/C15H8ClFN2O3/c16-12-2-1-3-14(15(12)19(20)21)22-11-7-9-6-10(17)4-5-13(9)18-8-11/h1-8H. The molecule has 0 saturated carbocycles. The summed E-state index contributed by atoms with van der Waals surface area (Å²) in [6.45, 7) is 0. The minimum atomic E-state index is -0.619. The highest BCUT2D eigenvalue weighted by Crippen LogP contribution is 2.37. The Morgan fingerprint density at radius 2 is 2.05 bits per heavy atom. The molecule has 0 unspecified atom stereocenters. The summed E-state index contributed by atoms with van der Waals surface area (Å²) in [6, 6.07) is 10.1. The van der Waals surface area contributed by atoms with E-state index in [2.05, 4.69) is 4.98 Å². The highest BCUT2D eigenvalue weighted by atomic mass is 35.5. The number of benzene rings is 2. The number of nitro groups is 1. The van der Waals surface area contributed by atoms with E-state index in [4.69, 9.17) is 16.3 Å². The molecule has 2 aromatic carbocycles. The van der Waals surface area contributed by atoms with Crippen LogP contribution in [0, 0.1) is 15.9 Å². The third-order valence-corrected chi connectivity index (χ3v) is 3.28. The van der Waals surface area contributed by atoms with Gasteiger partial charge >= 0.3 is 5.69 Å². The highest BCUT2D eigenvalue weighted by molar-refractivity contribution is 6.32. The molecule has 0 atom stereocenters. The van der Waals surface area contributed by atoms with Crippen molar-refractivity contribution in [1.29, 1.82) is 0 Å². The van der Waals surface area contributed by atoms with Crippen molar-refractivity contribution in [2.24, 2.45) is 0 Å². The number of rotatable bonds is 3. The van der Waals surface area contributed by atoms with E-state index >= 15 is 0 Å². The molecule has 0 aliphatic rings. The molecule has 0 saturated heterocycles. The monoisotopic (exact) mass is 318 g/mol. The van der Waals surface area contributed by atoms with E-state index in [9.17, 15) is 14.5 Å². The number of fused-ring (bicyclic) bond motifs is 1. The van der Waals surface area contributed by atoms with E-state index in [1.807, 2.05) is 0 Å². The van der Waals surface area contributed by atoms with Crippen LogP contribution in [0.15, 0.2) is 48.7 Å². The Hall–Kier alpha value is -2.73. The van der Waals surface area contributed by atoms with Crippen LogP contribution in [0.2, 0.25) is 5.02 Å². The molecule has 1 heterocycles. The number of hydrogen-bond donors (Lipinski definition) is 0. The van der Waals surface area contributed by atoms with Crippen molar-refractivity contribution < 1.29 is 14.1 Å². The molecule has 3 aromatic rings. The third kappa shape index (κ3) is 2.68. The maximum Gasteiger partial charge on any atom is 0.329 e. The van der Waals surface area contributed by atoms with E-state index in [0.29, 0.717) is 10.9 Å². The molecule has 0 radical (unpaired) electrons. The second-order valence-corrected chi connectivity index (χ2v) is 4.86. The molecule has 0 spiro atoms. The second kappa shape index (κ2) is 5.57. The van der Waals surface area contributed by atoms with Crippen molar-refractivity contribution in [3.8, 4) is 11.5 Å². The Morgan fingerprint density at radius 3 is 2.82 bits per heavy atom. The Kier molecular flexibility index (Phi) is 3.60. The van der Waals surface area contributed by atoms with Gasteiger partial charge in [0.25, 0.3) is 0 Å². The van der Waals surface area contributed by atoms with Gasteiger partial charge in [-0.2, -0.15) is 0 Å². The van der Waals surface area contributed by atoms with Gasteiger partial charge in [0, 0.05) is 5.39 Å². The quantitative estimate of drug-likeness (QED) is 0.517. The zero-order valence-corrected chi connectivity index (χ0v) is 11.7. The van der Waals surface area contributed by atoms with Gasteiger partial charge in [-0.05, 0) is 36.4 Å². The molecule has 0 aliphatic carbocycles. The number of hydrogen-bond acceptors (Lipinski definition) is 4. The fraction of sp³-hybridized carbons (Fsp3) is 0. The lowest BCUT2D eigenvalue weighted by Gasteiger charge is -2.07. The molecular weight excluding hydrogens is 311 g/mol. The zero-order chi connectivity index (χ0) is 15.7. The summed E-state index contributed by atoms with van der Waals surface area (Å²) in [6.07, 6.45) is 1.41. The molecule has 0 bridgehead atoms. The zero-order valence-electron chi connectivity index (χ0n) is 11.0. The van der Waals surface area contributed by atoms with E-state index < -0.39 is 10.7 Å². The smallest absolute Gasteiger partial charge is 0.329 e. The molecule has 0 aliphatic heterocycles. The second-order valence-electron chi connectivity index (χ2n) is 4.45. The average molecular weight is 319 g/mol. The van der Waals surface area contributed by atoms with Crippen LogP contribution in [0.1, 0.15) is 0 Å². The number of nitro benzene ring substituents is 1. The molecule has 0 N–H and O–H groups in total. The molecular formula is C15H8ClFN2O3. The van der Waals surface area contributed by atoms with Gasteiger partial charge in [0.05, 0.1) is 16.6 Å². The number of pyridine rings is 1. The topological polar surface area (TPSA) is 65.3 Å². The fourth-order valence-corrected chi connectivity index (χ4v) is 2.25. The molecule has 5 nitrogen and oxygen atoms in total. The largest absolute Gasteiger partial charge is 0.448 e. The van der Waals surface area contributed by atoms with Crippen LogP contribution in [0.4, 0.5) is 10.1 Å². The van der Waals surface area contributed by atoms with Crippen molar-refractivity contribution in [3.63, 3.8) is 0 Å².